The zero-order chi connectivity index (χ0) is 18.8. The summed E-state index contributed by atoms with van der Waals surface area (Å²) in [6, 6.07) is 17.0. The number of nitrogens with one attached hydrogen (secondary N) is 1. The van der Waals surface area contributed by atoms with E-state index in [9.17, 15) is 10.1 Å². The summed E-state index contributed by atoms with van der Waals surface area (Å²) in [7, 11) is 0. The van der Waals surface area contributed by atoms with Crippen molar-refractivity contribution in [2.75, 3.05) is 0 Å². The number of nitriles is 1. The Morgan fingerprint density at radius 2 is 2.04 bits per heavy atom. The van der Waals surface area contributed by atoms with E-state index in [1.807, 2.05) is 36.5 Å². The standard InChI is InChI=1S/C20H12BrN5O/c21-15-6-7-18-17(9-15)20(27)25-19(24-18)14(10-22)8-13-11-23-26(12-13)16-4-2-1-3-5-16/h1-9,11-12H,(H,24,25,27). The first-order chi connectivity index (χ1) is 13.1. The fourth-order valence-electron chi connectivity index (χ4n) is 2.69. The van der Waals surface area contributed by atoms with Crippen LogP contribution in [0, 0.1) is 11.3 Å². The van der Waals surface area contributed by atoms with E-state index in [1.54, 1.807) is 35.2 Å². The van der Waals surface area contributed by atoms with E-state index in [0.29, 0.717) is 10.9 Å². The molecule has 130 valence electrons. The number of para-hydroxylation sites is 1. The van der Waals surface area contributed by atoms with Gasteiger partial charge < -0.3 is 4.98 Å². The number of hydrogen-bond donors (Lipinski definition) is 1. The van der Waals surface area contributed by atoms with Gasteiger partial charge in [-0.15, -0.1) is 0 Å². The Kier molecular flexibility index (Phi) is 4.40. The third kappa shape index (κ3) is 3.43. The Labute approximate surface area is 162 Å². The number of rotatable bonds is 3. The topological polar surface area (TPSA) is 87.4 Å². The molecule has 0 fully saturated rings. The van der Waals surface area contributed by atoms with Crippen molar-refractivity contribution < 1.29 is 0 Å². The van der Waals surface area contributed by atoms with Crippen LogP contribution in [0.3, 0.4) is 0 Å². The van der Waals surface area contributed by atoms with Gasteiger partial charge in [-0.3, -0.25) is 4.79 Å². The molecule has 0 spiro atoms. The molecule has 0 saturated carbocycles. The molecular weight excluding hydrogens is 406 g/mol. The lowest BCUT2D eigenvalue weighted by molar-refractivity contribution is 0.880. The van der Waals surface area contributed by atoms with E-state index >= 15 is 0 Å². The van der Waals surface area contributed by atoms with E-state index < -0.39 is 0 Å². The molecule has 2 heterocycles. The summed E-state index contributed by atoms with van der Waals surface area (Å²) < 4.78 is 2.51. The summed E-state index contributed by atoms with van der Waals surface area (Å²) in [4.78, 5) is 19.4. The molecular formula is C20H12BrN5O. The van der Waals surface area contributed by atoms with Crippen LogP contribution in [-0.2, 0) is 0 Å². The monoisotopic (exact) mass is 417 g/mol. The highest BCUT2D eigenvalue weighted by Gasteiger charge is 2.09. The summed E-state index contributed by atoms with van der Waals surface area (Å²) >= 11 is 3.34. The second-order valence-corrected chi connectivity index (χ2v) is 6.72. The predicted molar refractivity (Wildman–Crippen MR) is 107 cm³/mol. The van der Waals surface area contributed by atoms with E-state index in [4.69, 9.17) is 0 Å². The summed E-state index contributed by atoms with van der Waals surface area (Å²) in [5.41, 5.74) is 2.13. The Morgan fingerprint density at radius 1 is 1.22 bits per heavy atom. The van der Waals surface area contributed by atoms with E-state index in [0.717, 1.165) is 15.7 Å². The molecule has 1 N–H and O–H groups in total. The van der Waals surface area contributed by atoms with Gasteiger partial charge >= 0.3 is 0 Å². The minimum Gasteiger partial charge on any atom is -0.305 e. The maximum Gasteiger partial charge on any atom is 0.259 e. The number of hydrogen-bond acceptors (Lipinski definition) is 4. The van der Waals surface area contributed by atoms with Gasteiger partial charge in [-0.25, -0.2) is 9.67 Å². The molecule has 0 aliphatic heterocycles. The fourth-order valence-corrected chi connectivity index (χ4v) is 3.05. The number of aromatic amines is 1. The van der Waals surface area contributed by atoms with Crippen LogP contribution in [-0.4, -0.2) is 19.7 Å². The first-order valence-corrected chi connectivity index (χ1v) is 8.85. The van der Waals surface area contributed by atoms with E-state index in [-0.39, 0.29) is 17.0 Å². The quantitative estimate of drug-likeness (QED) is 0.511. The molecule has 0 aliphatic rings. The third-order valence-electron chi connectivity index (χ3n) is 3.98. The van der Waals surface area contributed by atoms with Crippen molar-refractivity contribution in [3.63, 3.8) is 0 Å². The molecule has 0 unspecified atom stereocenters. The molecule has 7 heteroatoms. The SMILES string of the molecule is N#CC(=Cc1cnn(-c2ccccc2)c1)c1nc2ccc(Br)cc2c(=O)[nH]1. The number of H-pyrrole nitrogens is 1. The molecule has 6 nitrogen and oxygen atoms in total. The lowest BCUT2D eigenvalue weighted by Gasteiger charge is -2.02. The van der Waals surface area contributed by atoms with Gasteiger partial charge in [0.2, 0.25) is 0 Å². The summed E-state index contributed by atoms with van der Waals surface area (Å²) in [5.74, 6) is 0.227. The van der Waals surface area contributed by atoms with Crippen LogP contribution in [0.2, 0.25) is 0 Å². The molecule has 2 aromatic carbocycles. The molecule has 4 aromatic rings. The average Bonchev–Trinajstić information content (AvgIpc) is 3.16. The van der Waals surface area contributed by atoms with Crippen molar-refractivity contribution >= 4 is 38.5 Å². The predicted octanol–water partition coefficient (Wildman–Crippen LogP) is 3.94. The second-order valence-electron chi connectivity index (χ2n) is 5.80. The zero-order valence-electron chi connectivity index (χ0n) is 13.9. The van der Waals surface area contributed by atoms with Gasteiger partial charge in [0.15, 0.2) is 5.82 Å². The van der Waals surface area contributed by atoms with Gasteiger partial charge in [0.1, 0.15) is 6.07 Å². The van der Waals surface area contributed by atoms with Gasteiger partial charge in [-0.05, 0) is 36.4 Å². The molecule has 0 atom stereocenters. The number of halogens is 1. The van der Waals surface area contributed by atoms with Crippen LogP contribution in [0.4, 0.5) is 0 Å². The fraction of sp³-hybridized carbons (Fsp3) is 0. The van der Waals surface area contributed by atoms with Gasteiger partial charge in [0.05, 0.1) is 28.4 Å². The minimum absolute atomic E-state index is 0.227. The molecule has 4 rings (SSSR count). The lowest BCUT2D eigenvalue weighted by Crippen LogP contribution is -2.11. The van der Waals surface area contributed by atoms with Crippen molar-refractivity contribution in [1.82, 2.24) is 19.7 Å². The molecule has 0 radical (unpaired) electrons. The Hall–Kier alpha value is -3.50. The van der Waals surface area contributed by atoms with Crippen LogP contribution in [0.5, 0.6) is 0 Å². The average molecular weight is 418 g/mol. The van der Waals surface area contributed by atoms with E-state index in [2.05, 4.69) is 37.1 Å². The largest absolute Gasteiger partial charge is 0.305 e. The first-order valence-electron chi connectivity index (χ1n) is 8.06. The number of benzene rings is 2. The molecule has 0 bridgehead atoms. The highest BCUT2D eigenvalue weighted by molar-refractivity contribution is 9.10. The number of aromatic nitrogens is 4. The number of fused-ring (bicyclic) bond motifs is 1. The molecule has 0 aliphatic carbocycles. The second kappa shape index (κ2) is 7.02. The summed E-state index contributed by atoms with van der Waals surface area (Å²) in [6.45, 7) is 0. The highest BCUT2D eigenvalue weighted by atomic mass is 79.9. The van der Waals surface area contributed by atoms with Crippen LogP contribution < -0.4 is 5.56 Å². The molecule has 0 amide bonds. The minimum atomic E-state index is -0.294. The van der Waals surface area contributed by atoms with Crippen molar-refractivity contribution in [1.29, 1.82) is 5.26 Å². The normalized spacial score (nSPS) is 11.5. The Morgan fingerprint density at radius 3 is 2.81 bits per heavy atom. The van der Waals surface area contributed by atoms with Crippen molar-refractivity contribution in [3.05, 3.63) is 87.1 Å². The van der Waals surface area contributed by atoms with E-state index in [1.165, 1.54) is 0 Å². The smallest absolute Gasteiger partial charge is 0.259 e. The zero-order valence-corrected chi connectivity index (χ0v) is 15.5. The van der Waals surface area contributed by atoms with Crippen LogP contribution in [0.15, 0.2) is 70.2 Å². The Balaban J connectivity index is 1.76. The van der Waals surface area contributed by atoms with Gasteiger partial charge in [0, 0.05) is 16.2 Å². The van der Waals surface area contributed by atoms with Crippen molar-refractivity contribution in [3.8, 4) is 11.8 Å². The number of nitrogens with zero attached hydrogens (tertiary/aromatic N) is 4. The van der Waals surface area contributed by atoms with Crippen molar-refractivity contribution in [2.45, 2.75) is 0 Å². The molecule has 2 aromatic heterocycles. The highest BCUT2D eigenvalue weighted by Crippen LogP contribution is 2.19. The maximum absolute atomic E-state index is 12.3. The molecule has 0 saturated heterocycles. The summed E-state index contributed by atoms with van der Waals surface area (Å²) in [5, 5.41) is 14.3. The maximum atomic E-state index is 12.3. The van der Waals surface area contributed by atoms with Gasteiger partial charge in [-0.1, -0.05) is 34.1 Å². The lowest BCUT2D eigenvalue weighted by atomic mass is 10.2. The molecule has 27 heavy (non-hydrogen) atoms. The van der Waals surface area contributed by atoms with Crippen LogP contribution >= 0.6 is 15.9 Å². The third-order valence-corrected chi connectivity index (χ3v) is 4.47. The van der Waals surface area contributed by atoms with Crippen LogP contribution in [0.25, 0.3) is 28.2 Å². The van der Waals surface area contributed by atoms with Crippen molar-refractivity contribution in [2.24, 2.45) is 0 Å². The first kappa shape index (κ1) is 16.9. The number of allylic oxidation sites excluding steroid dienone is 1. The van der Waals surface area contributed by atoms with Gasteiger partial charge in [-0.2, -0.15) is 10.4 Å². The van der Waals surface area contributed by atoms with Crippen LogP contribution in [0.1, 0.15) is 11.4 Å². The Bertz CT molecular complexity index is 1270. The van der Waals surface area contributed by atoms with Gasteiger partial charge in [0.25, 0.3) is 5.56 Å². The summed E-state index contributed by atoms with van der Waals surface area (Å²) in [6.07, 6.45) is 5.11.